The molecule has 0 fully saturated rings. The molecule has 90 valence electrons. The molecule has 0 bridgehead atoms. The lowest BCUT2D eigenvalue weighted by molar-refractivity contribution is 0.412. The highest BCUT2D eigenvalue weighted by atomic mass is 79.9. The Hall–Kier alpha value is -1.56. The van der Waals surface area contributed by atoms with E-state index in [1.807, 2.05) is 13.0 Å². The van der Waals surface area contributed by atoms with Crippen LogP contribution in [0.1, 0.15) is 6.92 Å². The fourth-order valence-corrected chi connectivity index (χ4v) is 1.87. The molecule has 0 aliphatic heterocycles. The molecule has 17 heavy (non-hydrogen) atoms. The minimum Gasteiger partial charge on any atom is -0.491 e. The van der Waals surface area contributed by atoms with E-state index < -0.39 is 0 Å². The first-order valence-electron chi connectivity index (χ1n) is 5.14. The molecule has 0 spiro atoms. The third-order valence-electron chi connectivity index (χ3n) is 2.18. The number of nitrogens with one attached hydrogen (secondary N) is 1. The van der Waals surface area contributed by atoms with Gasteiger partial charge in [0, 0.05) is 6.54 Å². The monoisotopic (exact) mass is 297 g/mol. The van der Waals surface area contributed by atoms with Gasteiger partial charge in [0.1, 0.15) is 6.33 Å². The number of rotatable bonds is 4. The molecule has 0 aliphatic rings. The maximum Gasteiger partial charge on any atom is 0.190 e. The smallest absolute Gasteiger partial charge is 0.190 e. The third-order valence-corrected chi connectivity index (χ3v) is 2.81. The first-order valence-corrected chi connectivity index (χ1v) is 5.93. The molecule has 0 aromatic carbocycles. The van der Waals surface area contributed by atoms with Crippen LogP contribution < -0.4 is 10.1 Å². The van der Waals surface area contributed by atoms with E-state index in [0.717, 1.165) is 11.0 Å². The van der Waals surface area contributed by atoms with Crippen LogP contribution in [0.4, 0.5) is 5.82 Å². The van der Waals surface area contributed by atoms with E-state index in [1.165, 1.54) is 6.33 Å². The van der Waals surface area contributed by atoms with Gasteiger partial charge in [0.05, 0.1) is 17.8 Å². The van der Waals surface area contributed by atoms with Crippen LogP contribution in [0.3, 0.4) is 0 Å². The predicted molar refractivity (Wildman–Crippen MR) is 68.1 cm³/mol. The van der Waals surface area contributed by atoms with E-state index in [1.54, 1.807) is 13.4 Å². The zero-order valence-electron chi connectivity index (χ0n) is 9.53. The van der Waals surface area contributed by atoms with Gasteiger partial charge in [0.25, 0.3) is 0 Å². The van der Waals surface area contributed by atoms with Crippen molar-refractivity contribution in [1.29, 1.82) is 0 Å². The van der Waals surface area contributed by atoms with Gasteiger partial charge < -0.3 is 14.5 Å². The Bertz CT molecular complexity index is 513. The SMILES string of the molecule is CCNc1ncnc(-c2occc2Br)c1OC. The van der Waals surface area contributed by atoms with Crippen LogP contribution in [-0.2, 0) is 0 Å². The summed E-state index contributed by atoms with van der Waals surface area (Å²) in [6, 6.07) is 1.81. The molecule has 0 unspecified atom stereocenters. The average molecular weight is 298 g/mol. The predicted octanol–water partition coefficient (Wildman–Crippen LogP) is 2.94. The Morgan fingerprint density at radius 2 is 2.29 bits per heavy atom. The molecule has 0 aliphatic carbocycles. The lowest BCUT2D eigenvalue weighted by Gasteiger charge is -2.10. The normalized spacial score (nSPS) is 10.3. The molecule has 2 heterocycles. The third kappa shape index (κ3) is 2.26. The summed E-state index contributed by atoms with van der Waals surface area (Å²) in [6.45, 7) is 2.75. The Morgan fingerprint density at radius 3 is 2.88 bits per heavy atom. The van der Waals surface area contributed by atoms with Crippen molar-refractivity contribution in [3.05, 3.63) is 23.1 Å². The lowest BCUT2D eigenvalue weighted by atomic mass is 10.3. The maximum absolute atomic E-state index is 5.38. The molecule has 0 radical (unpaired) electrons. The number of hydrogen-bond donors (Lipinski definition) is 1. The first-order chi connectivity index (χ1) is 8.27. The van der Waals surface area contributed by atoms with Gasteiger partial charge in [0.15, 0.2) is 23.0 Å². The fourth-order valence-electron chi connectivity index (χ4n) is 1.48. The molecule has 2 aromatic heterocycles. The second kappa shape index (κ2) is 5.18. The molecule has 0 saturated heterocycles. The number of nitrogens with zero attached hydrogens (tertiary/aromatic N) is 2. The Morgan fingerprint density at radius 1 is 1.47 bits per heavy atom. The summed E-state index contributed by atoms with van der Waals surface area (Å²) < 4.78 is 11.6. The molecule has 2 rings (SSSR count). The van der Waals surface area contributed by atoms with Crippen molar-refractivity contribution in [2.45, 2.75) is 6.92 Å². The maximum atomic E-state index is 5.38. The van der Waals surface area contributed by atoms with Crippen LogP contribution in [-0.4, -0.2) is 23.6 Å². The number of aromatic nitrogens is 2. The average Bonchev–Trinajstić information content (AvgIpc) is 2.75. The van der Waals surface area contributed by atoms with Crippen LogP contribution >= 0.6 is 15.9 Å². The van der Waals surface area contributed by atoms with E-state index in [4.69, 9.17) is 9.15 Å². The number of methoxy groups -OCH3 is 1. The Kier molecular flexibility index (Phi) is 3.63. The van der Waals surface area contributed by atoms with E-state index in [0.29, 0.717) is 23.0 Å². The van der Waals surface area contributed by atoms with E-state index in [9.17, 15) is 0 Å². The van der Waals surface area contributed by atoms with Crippen molar-refractivity contribution in [3.63, 3.8) is 0 Å². The topological polar surface area (TPSA) is 60.2 Å². The minimum atomic E-state index is 0.574. The first kappa shape index (κ1) is 11.9. The highest BCUT2D eigenvalue weighted by molar-refractivity contribution is 9.10. The van der Waals surface area contributed by atoms with Gasteiger partial charge >= 0.3 is 0 Å². The zero-order valence-corrected chi connectivity index (χ0v) is 11.1. The van der Waals surface area contributed by atoms with Crippen molar-refractivity contribution in [1.82, 2.24) is 9.97 Å². The van der Waals surface area contributed by atoms with E-state index in [-0.39, 0.29) is 0 Å². The molecule has 2 aromatic rings. The molecule has 0 atom stereocenters. The summed E-state index contributed by atoms with van der Waals surface area (Å²) in [5, 5.41) is 3.12. The van der Waals surface area contributed by atoms with Crippen molar-refractivity contribution in [2.75, 3.05) is 19.0 Å². The number of halogens is 1. The zero-order chi connectivity index (χ0) is 12.3. The van der Waals surface area contributed by atoms with Crippen LogP contribution in [0.5, 0.6) is 5.75 Å². The summed E-state index contributed by atoms with van der Waals surface area (Å²) in [5.41, 5.74) is 0.621. The number of anilines is 1. The van der Waals surface area contributed by atoms with Crippen LogP contribution in [0.15, 0.2) is 27.5 Å². The number of furan rings is 1. The van der Waals surface area contributed by atoms with E-state index >= 15 is 0 Å². The summed E-state index contributed by atoms with van der Waals surface area (Å²) in [4.78, 5) is 8.33. The van der Waals surface area contributed by atoms with Crippen LogP contribution in [0.25, 0.3) is 11.5 Å². The molecule has 0 saturated carbocycles. The largest absolute Gasteiger partial charge is 0.491 e. The van der Waals surface area contributed by atoms with Crippen molar-refractivity contribution in [2.24, 2.45) is 0 Å². The summed E-state index contributed by atoms with van der Waals surface area (Å²) >= 11 is 3.40. The number of ether oxygens (including phenoxy) is 1. The molecular formula is C11H12BrN3O2. The van der Waals surface area contributed by atoms with Gasteiger partial charge in [-0.05, 0) is 28.9 Å². The summed E-state index contributed by atoms with van der Waals surface area (Å²) in [7, 11) is 1.58. The van der Waals surface area contributed by atoms with Crippen molar-refractivity contribution < 1.29 is 9.15 Å². The second-order valence-corrected chi connectivity index (χ2v) is 4.09. The molecule has 0 amide bonds. The molecular weight excluding hydrogens is 286 g/mol. The van der Waals surface area contributed by atoms with Gasteiger partial charge in [-0.15, -0.1) is 0 Å². The van der Waals surface area contributed by atoms with Gasteiger partial charge in [-0.2, -0.15) is 0 Å². The highest BCUT2D eigenvalue weighted by Crippen LogP contribution is 2.37. The summed E-state index contributed by atoms with van der Waals surface area (Å²) in [5.74, 6) is 1.86. The number of hydrogen-bond acceptors (Lipinski definition) is 5. The van der Waals surface area contributed by atoms with Gasteiger partial charge in [-0.3, -0.25) is 0 Å². The fraction of sp³-hybridized carbons (Fsp3) is 0.273. The Balaban J connectivity index is 2.54. The minimum absolute atomic E-state index is 0.574. The van der Waals surface area contributed by atoms with Crippen LogP contribution in [0.2, 0.25) is 0 Å². The Labute approximate surface area is 107 Å². The van der Waals surface area contributed by atoms with Crippen molar-refractivity contribution >= 4 is 21.7 Å². The standard InChI is InChI=1S/C11H12BrN3O2/c1-3-13-11-10(16-2)8(14-6-15-11)9-7(12)4-5-17-9/h4-6H,3H2,1-2H3,(H,13,14,15). The van der Waals surface area contributed by atoms with Gasteiger partial charge in [-0.25, -0.2) is 9.97 Å². The van der Waals surface area contributed by atoms with Gasteiger partial charge in [-0.1, -0.05) is 0 Å². The van der Waals surface area contributed by atoms with E-state index in [2.05, 4.69) is 31.2 Å². The summed E-state index contributed by atoms with van der Waals surface area (Å²) in [6.07, 6.45) is 3.07. The lowest BCUT2D eigenvalue weighted by Crippen LogP contribution is -2.04. The highest BCUT2D eigenvalue weighted by Gasteiger charge is 2.18. The second-order valence-electron chi connectivity index (χ2n) is 3.23. The van der Waals surface area contributed by atoms with Crippen LogP contribution in [0, 0.1) is 0 Å². The quantitative estimate of drug-likeness (QED) is 0.940. The molecule has 6 heteroatoms. The van der Waals surface area contributed by atoms with Gasteiger partial charge in [0.2, 0.25) is 0 Å². The van der Waals surface area contributed by atoms with Crippen molar-refractivity contribution in [3.8, 4) is 17.2 Å². The molecule has 1 N–H and O–H groups in total. The molecule has 5 nitrogen and oxygen atoms in total.